The summed E-state index contributed by atoms with van der Waals surface area (Å²) in [5, 5.41) is 3.65. The Kier molecular flexibility index (Phi) is 7.76. The van der Waals surface area contributed by atoms with Crippen LogP contribution in [-0.4, -0.2) is 31.1 Å². The van der Waals surface area contributed by atoms with E-state index in [0.29, 0.717) is 6.04 Å². The highest BCUT2D eigenvalue weighted by Crippen LogP contribution is 2.19. The molecule has 0 spiro atoms. The van der Waals surface area contributed by atoms with Gasteiger partial charge >= 0.3 is 0 Å². The summed E-state index contributed by atoms with van der Waals surface area (Å²) >= 11 is 0. The Morgan fingerprint density at radius 3 is 2.21 bits per heavy atom. The van der Waals surface area contributed by atoms with Crippen molar-refractivity contribution in [3.8, 4) is 0 Å². The second-order valence-corrected chi connectivity index (χ2v) is 5.27. The molecular formula is C17H30N2. The molecule has 1 atom stereocenters. The normalized spacial score (nSPS) is 12.9. The Labute approximate surface area is 119 Å². The van der Waals surface area contributed by atoms with E-state index < -0.39 is 0 Å². The highest BCUT2D eigenvalue weighted by Gasteiger charge is 2.15. The lowest BCUT2D eigenvalue weighted by Gasteiger charge is -2.28. The number of hydrogen-bond acceptors (Lipinski definition) is 2. The highest BCUT2D eigenvalue weighted by molar-refractivity contribution is 5.29. The van der Waals surface area contributed by atoms with Crippen molar-refractivity contribution in [3.63, 3.8) is 0 Å². The lowest BCUT2D eigenvalue weighted by Crippen LogP contribution is -2.36. The second kappa shape index (κ2) is 9.11. The first-order valence-electron chi connectivity index (χ1n) is 7.74. The molecule has 1 aromatic carbocycles. The van der Waals surface area contributed by atoms with E-state index in [1.165, 1.54) is 37.1 Å². The quantitative estimate of drug-likeness (QED) is 0.729. The number of aryl methyl sites for hydroxylation is 1. The van der Waals surface area contributed by atoms with Gasteiger partial charge in [-0.25, -0.2) is 0 Å². The summed E-state index contributed by atoms with van der Waals surface area (Å²) in [4.78, 5) is 2.58. The molecule has 108 valence electrons. The molecule has 0 fully saturated rings. The maximum absolute atomic E-state index is 3.65. The van der Waals surface area contributed by atoms with E-state index in [-0.39, 0.29) is 0 Å². The third-order valence-corrected chi connectivity index (χ3v) is 3.53. The summed E-state index contributed by atoms with van der Waals surface area (Å²) in [5.74, 6) is 0. The highest BCUT2D eigenvalue weighted by atomic mass is 15.1. The van der Waals surface area contributed by atoms with Gasteiger partial charge in [0, 0.05) is 12.6 Å². The van der Waals surface area contributed by atoms with Crippen molar-refractivity contribution in [1.82, 2.24) is 10.2 Å². The number of hydrogen-bond donors (Lipinski definition) is 1. The van der Waals surface area contributed by atoms with Gasteiger partial charge in [-0.2, -0.15) is 0 Å². The molecule has 0 bridgehead atoms. The summed E-state index contributed by atoms with van der Waals surface area (Å²) in [5.41, 5.74) is 2.84. The number of nitrogens with one attached hydrogen (secondary N) is 1. The lowest BCUT2D eigenvalue weighted by atomic mass is 10.0. The predicted octanol–water partition coefficient (Wildman–Crippen LogP) is 3.77. The van der Waals surface area contributed by atoms with Gasteiger partial charge in [0.2, 0.25) is 0 Å². The fraction of sp³-hybridized carbons (Fsp3) is 0.647. The van der Waals surface area contributed by atoms with E-state index in [1.54, 1.807) is 0 Å². The number of likely N-dealkylation sites (N-methyl/N-ethyl adjacent to an activating group) is 1. The van der Waals surface area contributed by atoms with Gasteiger partial charge in [0.25, 0.3) is 0 Å². The summed E-state index contributed by atoms with van der Waals surface area (Å²) in [6.45, 7) is 13.4. The molecule has 1 aromatic rings. The Bertz CT molecular complexity index is 343. The third kappa shape index (κ3) is 5.33. The summed E-state index contributed by atoms with van der Waals surface area (Å²) < 4.78 is 0. The van der Waals surface area contributed by atoms with Crippen molar-refractivity contribution < 1.29 is 0 Å². The predicted molar refractivity (Wildman–Crippen MR) is 84.6 cm³/mol. The van der Waals surface area contributed by atoms with Crippen molar-refractivity contribution in [2.75, 3.05) is 26.2 Å². The zero-order valence-corrected chi connectivity index (χ0v) is 13.1. The molecule has 19 heavy (non-hydrogen) atoms. The van der Waals surface area contributed by atoms with Crippen LogP contribution in [0.1, 0.15) is 50.8 Å². The largest absolute Gasteiger partial charge is 0.309 e. The third-order valence-electron chi connectivity index (χ3n) is 3.53. The monoisotopic (exact) mass is 262 g/mol. The van der Waals surface area contributed by atoms with E-state index in [2.05, 4.69) is 62.2 Å². The van der Waals surface area contributed by atoms with Crippen LogP contribution in [0.4, 0.5) is 0 Å². The molecule has 1 N–H and O–H groups in total. The van der Waals surface area contributed by atoms with Crippen LogP contribution in [0.5, 0.6) is 0 Å². The van der Waals surface area contributed by atoms with Crippen LogP contribution in [0, 0.1) is 6.92 Å². The van der Waals surface area contributed by atoms with Gasteiger partial charge in [-0.1, -0.05) is 45.0 Å². The first kappa shape index (κ1) is 16.2. The number of benzene rings is 1. The van der Waals surface area contributed by atoms with Crippen LogP contribution in [0.2, 0.25) is 0 Å². The first-order chi connectivity index (χ1) is 9.22. The molecule has 1 rings (SSSR count). The van der Waals surface area contributed by atoms with Crippen LogP contribution in [0.15, 0.2) is 24.3 Å². The SMILES string of the molecule is CCCN(CCC)CC(NCC)c1ccccc1C. The second-order valence-electron chi connectivity index (χ2n) is 5.27. The minimum Gasteiger partial charge on any atom is -0.309 e. The minimum absolute atomic E-state index is 0.448. The van der Waals surface area contributed by atoms with E-state index in [4.69, 9.17) is 0 Å². The molecule has 0 saturated carbocycles. The van der Waals surface area contributed by atoms with Gasteiger partial charge in [-0.15, -0.1) is 0 Å². The molecule has 0 radical (unpaired) electrons. The van der Waals surface area contributed by atoms with Crippen LogP contribution < -0.4 is 5.32 Å². The first-order valence-corrected chi connectivity index (χ1v) is 7.74. The smallest absolute Gasteiger partial charge is 0.0451 e. The molecule has 0 heterocycles. The van der Waals surface area contributed by atoms with Gasteiger partial charge in [0.1, 0.15) is 0 Å². The van der Waals surface area contributed by atoms with Gasteiger partial charge in [0.15, 0.2) is 0 Å². The topological polar surface area (TPSA) is 15.3 Å². The molecule has 1 unspecified atom stereocenters. The summed E-state index contributed by atoms with van der Waals surface area (Å²) in [6, 6.07) is 9.20. The van der Waals surface area contributed by atoms with E-state index >= 15 is 0 Å². The van der Waals surface area contributed by atoms with Crippen molar-refractivity contribution in [2.45, 2.75) is 46.6 Å². The molecule has 2 nitrogen and oxygen atoms in total. The average molecular weight is 262 g/mol. The van der Waals surface area contributed by atoms with Crippen LogP contribution in [0.3, 0.4) is 0 Å². The van der Waals surface area contributed by atoms with E-state index in [0.717, 1.165) is 13.1 Å². The Morgan fingerprint density at radius 2 is 1.68 bits per heavy atom. The molecule has 0 aromatic heterocycles. The van der Waals surface area contributed by atoms with Crippen molar-refractivity contribution in [2.24, 2.45) is 0 Å². The van der Waals surface area contributed by atoms with Gasteiger partial charge < -0.3 is 10.2 Å². The molecule has 0 aliphatic carbocycles. The van der Waals surface area contributed by atoms with E-state index in [1.807, 2.05) is 0 Å². The number of nitrogens with zero attached hydrogens (tertiary/aromatic N) is 1. The minimum atomic E-state index is 0.448. The van der Waals surface area contributed by atoms with Crippen LogP contribution in [-0.2, 0) is 0 Å². The number of rotatable bonds is 9. The van der Waals surface area contributed by atoms with Gasteiger partial charge in [-0.05, 0) is 50.5 Å². The Morgan fingerprint density at radius 1 is 1.05 bits per heavy atom. The van der Waals surface area contributed by atoms with Crippen molar-refractivity contribution >= 4 is 0 Å². The van der Waals surface area contributed by atoms with Crippen LogP contribution in [0.25, 0.3) is 0 Å². The Hall–Kier alpha value is -0.860. The fourth-order valence-electron chi connectivity index (χ4n) is 2.68. The Balaban J connectivity index is 2.79. The van der Waals surface area contributed by atoms with Gasteiger partial charge in [-0.3, -0.25) is 0 Å². The maximum Gasteiger partial charge on any atom is 0.0451 e. The molecule has 0 saturated heterocycles. The summed E-state index contributed by atoms with van der Waals surface area (Å²) in [6.07, 6.45) is 2.46. The molecule has 0 aliphatic rings. The standard InChI is InChI=1S/C17H30N2/c1-5-12-19(13-6-2)14-17(18-7-3)16-11-9-8-10-15(16)4/h8-11,17-18H,5-7,12-14H2,1-4H3. The lowest BCUT2D eigenvalue weighted by molar-refractivity contribution is 0.243. The van der Waals surface area contributed by atoms with Crippen molar-refractivity contribution in [1.29, 1.82) is 0 Å². The van der Waals surface area contributed by atoms with Crippen LogP contribution >= 0.6 is 0 Å². The van der Waals surface area contributed by atoms with Crippen molar-refractivity contribution in [3.05, 3.63) is 35.4 Å². The molecular weight excluding hydrogens is 232 g/mol. The molecule has 2 heteroatoms. The molecule has 0 aliphatic heterocycles. The zero-order chi connectivity index (χ0) is 14.1. The zero-order valence-electron chi connectivity index (χ0n) is 13.1. The fourth-order valence-corrected chi connectivity index (χ4v) is 2.68. The summed E-state index contributed by atoms with van der Waals surface area (Å²) in [7, 11) is 0. The van der Waals surface area contributed by atoms with Gasteiger partial charge in [0.05, 0.1) is 0 Å². The average Bonchev–Trinajstić information content (AvgIpc) is 2.39. The van der Waals surface area contributed by atoms with E-state index in [9.17, 15) is 0 Å². The molecule has 0 amide bonds. The maximum atomic E-state index is 3.65.